The highest BCUT2D eigenvalue weighted by atomic mass is 35.5. The minimum atomic E-state index is -0.194. The van der Waals surface area contributed by atoms with Crippen molar-refractivity contribution in [1.82, 2.24) is 9.36 Å². The Balaban J connectivity index is 2.62. The van der Waals surface area contributed by atoms with Crippen LogP contribution in [0.15, 0.2) is 29.1 Å². The lowest BCUT2D eigenvalue weighted by atomic mass is 10.1. The molecule has 0 radical (unpaired) electrons. The molecule has 0 fully saturated rings. The van der Waals surface area contributed by atoms with Crippen LogP contribution in [0.4, 0.5) is 5.69 Å². The molecule has 0 atom stereocenters. The molecule has 19 heavy (non-hydrogen) atoms. The third kappa shape index (κ3) is 2.54. The lowest BCUT2D eigenvalue weighted by molar-refractivity contribution is 0.563. The molecule has 5 heteroatoms. The van der Waals surface area contributed by atoms with E-state index in [2.05, 4.69) is 13.8 Å². The largest absolute Gasteiger partial charge is 0.393 e. The predicted molar refractivity (Wildman–Crippen MR) is 79.0 cm³/mol. The molecule has 1 heterocycles. The third-order valence-electron chi connectivity index (χ3n) is 3.08. The molecule has 102 valence electrons. The van der Waals surface area contributed by atoms with E-state index in [0.29, 0.717) is 16.6 Å². The van der Waals surface area contributed by atoms with Gasteiger partial charge in [0.25, 0.3) is 5.56 Å². The molecular weight excluding hydrogens is 262 g/mol. The third-order valence-corrected chi connectivity index (χ3v) is 3.31. The average Bonchev–Trinajstić information content (AvgIpc) is 2.53. The molecule has 0 saturated carbocycles. The summed E-state index contributed by atoms with van der Waals surface area (Å²) in [6, 6.07) is 7.18. The van der Waals surface area contributed by atoms with Crippen molar-refractivity contribution < 1.29 is 0 Å². The second kappa shape index (κ2) is 5.13. The fourth-order valence-electron chi connectivity index (χ4n) is 2.20. The van der Waals surface area contributed by atoms with Gasteiger partial charge in [0, 0.05) is 12.1 Å². The summed E-state index contributed by atoms with van der Waals surface area (Å²) in [7, 11) is 1.84. The summed E-state index contributed by atoms with van der Waals surface area (Å²) < 4.78 is 3.36. The van der Waals surface area contributed by atoms with Crippen LogP contribution >= 0.6 is 11.6 Å². The Hall–Kier alpha value is -1.68. The van der Waals surface area contributed by atoms with Crippen LogP contribution in [-0.4, -0.2) is 9.36 Å². The molecule has 0 aliphatic heterocycles. The van der Waals surface area contributed by atoms with Crippen LogP contribution in [0, 0.1) is 5.92 Å². The van der Waals surface area contributed by atoms with Gasteiger partial charge in [0.2, 0.25) is 0 Å². The highest BCUT2D eigenvalue weighted by molar-refractivity contribution is 6.30. The summed E-state index contributed by atoms with van der Waals surface area (Å²) in [6.45, 7) is 4.20. The van der Waals surface area contributed by atoms with Crippen molar-refractivity contribution in [1.29, 1.82) is 0 Å². The fourth-order valence-corrected chi connectivity index (χ4v) is 2.38. The average molecular weight is 280 g/mol. The number of hydrogen-bond donors (Lipinski definition) is 1. The summed E-state index contributed by atoms with van der Waals surface area (Å²) in [6.07, 6.45) is 0.769. The molecular formula is C14H18ClN3O. The highest BCUT2D eigenvalue weighted by Gasteiger charge is 2.17. The van der Waals surface area contributed by atoms with E-state index >= 15 is 0 Å². The smallest absolute Gasteiger partial charge is 0.294 e. The van der Waals surface area contributed by atoms with Gasteiger partial charge in [0.15, 0.2) is 0 Å². The van der Waals surface area contributed by atoms with Crippen LogP contribution in [0.2, 0.25) is 5.02 Å². The van der Waals surface area contributed by atoms with E-state index in [4.69, 9.17) is 17.3 Å². The molecule has 2 aromatic rings. The van der Waals surface area contributed by atoms with Gasteiger partial charge in [-0.05, 0) is 30.5 Å². The maximum atomic E-state index is 12.3. The molecule has 0 spiro atoms. The number of hydrogen-bond acceptors (Lipinski definition) is 2. The van der Waals surface area contributed by atoms with Crippen molar-refractivity contribution in [3.05, 3.63) is 45.3 Å². The summed E-state index contributed by atoms with van der Waals surface area (Å²) >= 11 is 5.97. The number of benzene rings is 1. The normalized spacial score (nSPS) is 11.2. The molecule has 1 aromatic heterocycles. The SMILES string of the molecule is CC(C)Cc1c(N)c(=O)n(-c2cccc(Cl)c2)n1C. The van der Waals surface area contributed by atoms with Gasteiger partial charge in [-0.1, -0.05) is 31.5 Å². The van der Waals surface area contributed by atoms with E-state index < -0.39 is 0 Å². The first-order chi connectivity index (χ1) is 8.91. The monoisotopic (exact) mass is 279 g/mol. The zero-order valence-electron chi connectivity index (χ0n) is 11.4. The first kappa shape index (κ1) is 13.7. The first-order valence-electron chi connectivity index (χ1n) is 6.24. The lowest BCUT2D eigenvalue weighted by Gasteiger charge is -2.11. The fraction of sp³-hybridized carbons (Fsp3) is 0.357. The van der Waals surface area contributed by atoms with Gasteiger partial charge in [-0.25, -0.2) is 4.68 Å². The predicted octanol–water partition coefficient (Wildman–Crippen LogP) is 2.61. The molecule has 0 bridgehead atoms. The highest BCUT2D eigenvalue weighted by Crippen LogP contribution is 2.18. The molecule has 0 aliphatic carbocycles. The summed E-state index contributed by atoms with van der Waals surface area (Å²) in [5, 5.41) is 0.592. The number of rotatable bonds is 3. The van der Waals surface area contributed by atoms with Crippen molar-refractivity contribution >= 4 is 17.3 Å². The van der Waals surface area contributed by atoms with Gasteiger partial charge in [0.05, 0.1) is 11.4 Å². The first-order valence-corrected chi connectivity index (χ1v) is 6.62. The van der Waals surface area contributed by atoms with E-state index in [1.54, 1.807) is 16.8 Å². The molecule has 0 amide bonds. The van der Waals surface area contributed by atoms with Crippen molar-refractivity contribution in [2.45, 2.75) is 20.3 Å². The molecule has 1 aromatic carbocycles. The molecule has 0 saturated heterocycles. The molecule has 4 nitrogen and oxygen atoms in total. The quantitative estimate of drug-likeness (QED) is 0.939. The minimum absolute atomic E-state index is 0.194. The Morgan fingerprint density at radius 2 is 2.05 bits per heavy atom. The van der Waals surface area contributed by atoms with Crippen LogP contribution in [0.5, 0.6) is 0 Å². The molecule has 2 rings (SSSR count). The van der Waals surface area contributed by atoms with E-state index in [1.807, 2.05) is 23.9 Å². The number of nitrogen functional groups attached to an aromatic ring is 1. The molecule has 2 N–H and O–H groups in total. The Bertz CT molecular complexity index is 655. The maximum absolute atomic E-state index is 12.3. The van der Waals surface area contributed by atoms with Crippen molar-refractivity contribution in [2.24, 2.45) is 13.0 Å². The van der Waals surface area contributed by atoms with E-state index in [1.165, 1.54) is 0 Å². The molecule has 0 aliphatic rings. The second-order valence-electron chi connectivity index (χ2n) is 5.08. The zero-order valence-corrected chi connectivity index (χ0v) is 12.1. The van der Waals surface area contributed by atoms with Gasteiger partial charge < -0.3 is 5.73 Å². The van der Waals surface area contributed by atoms with Crippen LogP contribution in [0.25, 0.3) is 5.69 Å². The van der Waals surface area contributed by atoms with Crippen molar-refractivity contribution in [2.75, 3.05) is 5.73 Å². The Morgan fingerprint density at radius 3 is 2.63 bits per heavy atom. The number of nitrogens with zero attached hydrogens (tertiary/aromatic N) is 2. The standard InChI is InChI=1S/C14H18ClN3O/c1-9(2)7-12-13(16)14(19)18(17(12)3)11-6-4-5-10(15)8-11/h4-6,8-9H,7,16H2,1-3H3. The summed E-state index contributed by atoms with van der Waals surface area (Å²) in [4.78, 5) is 12.3. The number of anilines is 1. The van der Waals surface area contributed by atoms with Gasteiger partial charge in [-0.3, -0.25) is 9.48 Å². The second-order valence-corrected chi connectivity index (χ2v) is 5.52. The molecule has 0 unspecified atom stereocenters. The minimum Gasteiger partial charge on any atom is -0.393 e. The van der Waals surface area contributed by atoms with Crippen LogP contribution < -0.4 is 11.3 Å². The number of nitrogens with two attached hydrogens (primary N) is 1. The number of aromatic nitrogens is 2. The van der Waals surface area contributed by atoms with Gasteiger partial charge in [-0.2, -0.15) is 0 Å². The van der Waals surface area contributed by atoms with Crippen LogP contribution in [0.3, 0.4) is 0 Å². The van der Waals surface area contributed by atoms with Gasteiger partial charge >= 0.3 is 0 Å². The van der Waals surface area contributed by atoms with E-state index in [-0.39, 0.29) is 5.56 Å². The van der Waals surface area contributed by atoms with Gasteiger partial charge in [-0.15, -0.1) is 0 Å². The zero-order chi connectivity index (χ0) is 14.2. The van der Waals surface area contributed by atoms with Crippen molar-refractivity contribution in [3.63, 3.8) is 0 Å². The van der Waals surface area contributed by atoms with Crippen LogP contribution in [0.1, 0.15) is 19.5 Å². The lowest BCUT2D eigenvalue weighted by Crippen LogP contribution is -2.20. The Morgan fingerprint density at radius 1 is 1.37 bits per heavy atom. The summed E-state index contributed by atoms with van der Waals surface area (Å²) in [5.41, 5.74) is 7.65. The number of halogens is 1. The van der Waals surface area contributed by atoms with Gasteiger partial charge in [0.1, 0.15) is 5.69 Å². The van der Waals surface area contributed by atoms with Crippen molar-refractivity contribution in [3.8, 4) is 5.69 Å². The Kier molecular flexibility index (Phi) is 3.71. The topological polar surface area (TPSA) is 53.0 Å². The Labute approximate surface area is 117 Å². The van der Waals surface area contributed by atoms with E-state index in [0.717, 1.165) is 17.8 Å². The van der Waals surface area contributed by atoms with Crippen LogP contribution in [-0.2, 0) is 13.5 Å². The summed E-state index contributed by atoms with van der Waals surface area (Å²) in [5.74, 6) is 0.433. The van der Waals surface area contributed by atoms with E-state index in [9.17, 15) is 4.79 Å². The maximum Gasteiger partial charge on any atom is 0.294 e.